The lowest BCUT2D eigenvalue weighted by atomic mass is 10.2. The SMILES string of the molecule is CC1COCCN1S(=O)(=O)c1ccc(CO)c(Cl)c1. The molecule has 106 valence electrons. The summed E-state index contributed by atoms with van der Waals surface area (Å²) < 4.78 is 31.7. The highest BCUT2D eigenvalue weighted by Gasteiger charge is 2.31. The van der Waals surface area contributed by atoms with Gasteiger partial charge in [0.2, 0.25) is 10.0 Å². The van der Waals surface area contributed by atoms with E-state index < -0.39 is 10.0 Å². The number of aliphatic hydroxyl groups is 1. The van der Waals surface area contributed by atoms with Crippen molar-refractivity contribution >= 4 is 21.6 Å². The number of ether oxygens (including phenoxy) is 1. The van der Waals surface area contributed by atoms with E-state index in [1.807, 2.05) is 0 Å². The predicted octanol–water partition coefficient (Wildman–Crippen LogP) is 1.24. The number of hydrogen-bond donors (Lipinski definition) is 1. The molecule has 0 radical (unpaired) electrons. The third-order valence-corrected chi connectivity index (χ3v) is 5.47. The molecule has 0 saturated carbocycles. The number of hydrogen-bond acceptors (Lipinski definition) is 4. The zero-order valence-corrected chi connectivity index (χ0v) is 12.1. The summed E-state index contributed by atoms with van der Waals surface area (Å²) in [6.45, 7) is 2.71. The largest absolute Gasteiger partial charge is 0.392 e. The Labute approximate surface area is 117 Å². The van der Waals surface area contributed by atoms with Crippen LogP contribution in [0.1, 0.15) is 12.5 Å². The summed E-state index contributed by atoms with van der Waals surface area (Å²) in [6, 6.07) is 4.18. The van der Waals surface area contributed by atoms with Crippen LogP contribution in [-0.4, -0.2) is 43.6 Å². The molecule has 2 rings (SSSR count). The minimum Gasteiger partial charge on any atom is -0.392 e. The average Bonchev–Trinajstić information content (AvgIpc) is 2.39. The fourth-order valence-corrected chi connectivity index (χ4v) is 3.95. The Morgan fingerprint density at radius 3 is 2.84 bits per heavy atom. The van der Waals surface area contributed by atoms with E-state index in [2.05, 4.69) is 0 Å². The molecule has 1 aliphatic heterocycles. The van der Waals surface area contributed by atoms with Gasteiger partial charge < -0.3 is 9.84 Å². The van der Waals surface area contributed by atoms with Crippen LogP contribution in [0.15, 0.2) is 23.1 Å². The first-order valence-electron chi connectivity index (χ1n) is 5.95. The molecular formula is C12H16ClNO4S. The second-order valence-electron chi connectivity index (χ2n) is 4.45. The van der Waals surface area contributed by atoms with Gasteiger partial charge in [0.15, 0.2) is 0 Å². The molecule has 1 aromatic rings. The summed E-state index contributed by atoms with van der Waals surface area (Å²) in [6.07, 6.45) is 0. The van der Waals surface area contributed by atoms with Gasteiger partial charge in [0, 0.05) is 17.6 Å². The van der Waals surface area contributed by atoms with Gasteiger partial charge in [0.25, 0.3) is 0 Å². The molecule has 1 N–H and O–H groups in total. The lowest BCUT2D eigenvalue weighted by Crippen LogP contribution is -2.46. The van der Waals surface area contributed by atoms with Gasteiger partial charge in [-0.3, -0.25) is 0 Å². The molecule has 1 unspecified atom stereocenters. The summed E-state index contributed by atoms with van der Waals surface area (Å²) in [4.78, 5) is 0.142. The third-order valence-electron chi connectivity index (χ3n) is 3.11. The van der Waals surface area contributed by atoms with Gasteiger partial charge in [-0.05, 0) is 24.6 Å². The van der Waals surface area contributed by atoms with E-state index in [4.69, 9.17) is 21.4 Å². The molecule has 19 heavy (non-hydrogen) atoms. The summed E-state index contributed by atoms with van der Waals surface area (Å²) >= 11 is 5.94. The van der Waals surface area contributed by atoms with E-state index in [0.29, 0.717) is 25.3 Å². The number of morpholine rings is 1. The fourth-order valence-electron chi connectivity index (χ4n) is 2.02. The van der Waals surface area contributed by atoms with Crippen molar-refractivity contribution in [3.05, 3.63) is 28.8 Å². The van der Waals surface area contributed by atoms with Gasteiger partial charge >= 0.3 is 0 Å². The summed E-state index contributed by atoms with van der Waals surface area (Å²) in [5.41, 5.74) is 0.510. The standard InChI is InChI=1S/C12H16ClNO4S/c1-9-8-18-5-4-14(9)19(16,17)11-3-2-10(7-15)12(13)6-11/h2-3,6,9,15H,4-5,7-8H2,1H3. The van der Waals surface area contributed by atoms with Crippen molar-refractivity contribution in [3.8, 4) is 0 Å². The van der Waals surface area contributed by atoms with Crippen molar-refractivity contribution < 1.29 is 18.3 Å². The van der Waals surface area contributed by atoms with E-state index >= 15 is 0 Å². The van der Waals surface area contributed by atoms with Crippen molar-refractivity contribution in [2.75, 3.05) is 19.8 Å². The van der Waals surface area contributed by atoms with E-state index in [1.54, 1.807) is 6.92 Å². The lowest BCUT2D eigenvalue weighted by molar-refractivity contribution is 0.0393. The lowest BCUT2D eigenvalue weighted by Gasteiger charge is -2.32. The summed E-state index contributed by atoms with van der Waals surface area (Å²) in [5.74, 6) is 0. The molecular weight excluding hydrogens is 290 g/mol. The predicted molar refractivity (Wildman–Crippen MR) is 71.5 cm³/mol. The Hall–Kier alpha value is -0.660. The van der Waals surface area contributed by atoms with Gasteiger partial charge in [0.1, 0.15) is 0 Å². The van der Waals surface area contributed by atoms with Crippen molar-refractivity contribution in [1.82, 2.24) is 4.31 Å². The normalized spacial score (nSPS) is 21.5. The molecule has 5 nitrogen and oxygen atoms in total. The van der Waals surface area contributed by atoms with Crippen LogP contribution < -0.4 is 0 Å². The maximum atomic E-state index is 12.5. The maximum absolute atomic E-state index is 12.5. The van der Waals surface area contributed by atoms with Gasteiger partial charge in [-0.25, -0.2) is 8.42 Å². The van der Waals surface area contributed by atoms with Crippen LogP contribution >= 0.6 is 11.6 Å². The van der Waals surface area contributed by atoms with Gasteiger partial charge in [-0.15, -0.1) is 0 Å². The van der Waals surface area contributed by atoms with Gasteiger partial charge in [-0.2, -0.15) is 4.31 Å². The highest BCUT2D eigenvalue weighted by molar-refractivity contribution is 7.89. The Morgan fingerprint density at radius 1 is 1.53 bits per heavy atom. The minimum absolute atomic E-state index is 0.142. The smallest absolute Gasteiger partial charge is 0.243 e. The minimum atomic E-state index is -3.57. The zero-order chi connectivity index (χ0) is 14.0. The fraction of sp³-hybridized carbons (Fsp3) is 0.500. The van der Waals surface area contributed by atoms with Gasteiger partial charge in [0.05, 0.1) is 24.7 Å². The molecule has 7 heteroatoms. The summed E-state index contributed by atoms with van der Waals surface area (Å²) in [7, 11) is -3.57. The van der Waals surface area contributed by atoms with Crippen LogP contribution in [-0.2, 0) is 21.4 Å². The highest BCUT2D eigenvalue weighted by atomic mass is 35.5. The quantitative estimate of drug-likeness (QED) is 0.912. The summed E-state index contributed by atoms with van der Waals surface area (Å²) in [5, 5.41) is 9.30. The Bertz CT molecular complexity index is 561. The molecule has 0 aliphatic carbocycles. The van der Waals surface area contributed by atoms with Crippen LogP contribution in [0.5, 0.6) is 0 Å². The van der Waals surface area contributed by atoms with Crippen molar-refractivity contribution in [3.63, 3.8) is 0 Å². The van der Waals surface area contributed by atoms with Crippen LogP contribution in [0.25, 0.3) is 0 Å². The molecule has 1 saturated heterocycles. The van der Waals surface area contributed by atoms with Crippen molar-refractivity contribution in [2.45, 2.75) is 24.5 Å². The Morgan fingerprint density at radius 2 is 2.26 bits per heavy atom. The topological polar surface area (TPSA) is 66.8 Å². The number of halogens is 1. The number of benzene rings is 1. The first-order chi connectivity index (χ1) is 8.96. The molecule has 1 atom stereocenters. The molecule has 1 fully saturated rings. The van der Waals surface area contributed by atoms with Crippen molar-refractivity contribution in [1.29, 1.82) is 0 Å². The monoisotopic (exact) mass is 305 g/mol. The number of nitrogens with zero attached hydrogens (tertiary/aromatic N) is 1. The first kappa shape index (κ1) is 14.7. The molecule has 0 spiro atoms. The van der Waals surface area contributed by atoms with Crippen LogP contribution in [0.4, 0.5) is 0 Å². The Kier molecular flexibility index (Phi) is 4.47. The van der Waals surface area contributed by atoms with E-state index in [1.165, 1.54) is 22.5 Å². The second-order valence-corrected chi connectivity index (χ2v) is 6.75. The molecule has 0 aromatic heterocycles. The zero-order valence-electron chi connectivity index (χ0n) is 10.5. The maximum Gasteiger partial charge on any atom is 0.243 e. The van der Waals surface area contributed by atoms with E-state index in [-0.39, 0.29) is 22.6 Å². The van der Waals surface area contributed by atoms with Crippen LogP contribution in [0, 0.1) is 0 Å². The molecule has 0 amide bonds. The number of aliphatic hydroxyl groups excluding tert-OH is 1. The van der Waals surface area contributed by atoms with E-state index in [9.17, 15) is 8.42 Å². The van der Waals surface area contributed by atoms with Crippen LogP contribution in [0.3, 0.4) is 0 Å². The second kappa shape index (κ2) is 5.76. The Balaban J connectivity index is 2.36. The third kappa shape index (κ3) is 2.93. The molecule has 1 heterocycles. The van der Waals surface area contributed by atoms with E-state index in [0.717, 1.165) is 0 Å². The molecule has 0 bridgehead atoms. The van der Waals surface area contributed by atoms with Crippen LogP contribution in [0.2, 0.25) is 5.02 Å². The molecule has 1 aromatic carbocycles. The average molecular weight is 306 g/mol. The number of sulfonamides is 1. The number of rotatable bonds is 3. The molecule has 1 aliphatic rings. The van der Waals surface area contributed by atoms with Crippen molar-refractivity contribution in [2.24, 2.45) is 0 Å². The highest BCUT2D eigenvalue weighted by Crippen LogP contribution is 2.25. The van der Waals surface area contributed by atoms with Gasteiger partial charge in [-0.1, -0.05) is 17.7 Å². The first-order valence-corrected chi connectivity index (χ1v) is 7.77.